The lowest BCUT2D eigenvalue weighted by Crippen LogP contribution is -2.43. The van der Waals surface area contributed by atoms with Gasteiger partial charge in [0.15, 0.2) is 0 Å². The first kappa shape index (κ1) is 13.3. The van der Waals surface area contributed by atoms with Crippen molar-refractivity contribution in [2.24, 2.45) is 5.92 Å². The van der Waals surface area contributed by atoms with Crippen molar-refractivity contribution in [2.45, 2.75) is 58.2 Å². The molecule has 0 spiro atoms. The molecule has 0 saturated heterocycles. The fourth-order valence-electron chi connectivity index (χ4n) is 1.59. The molecular formula is C12H23NO3. The maximum absolute atomic E-state index is 11.4. The highest BCUT2D eigenvalue weighted by atomic mass is 16.6. The first-order chi connectivity index (χ1) is 7.18. The highest BCUT2D eigenvalue weighted by Crippen LogP contribution is 2.36. The van der Waals surface area contributed by atoms with Gasteiger partial charge in [-0.05, 0) is 40.0 Å². The molecule has 1 rings (SSSR count). The van der Waals surface area contributed by atoms with Crippen LogP contribution in [-0.2, 0) is 4.74 Å². The van der Waals surface area contributed by atoms with E-state index in [0.29, 0.717) is 5.92 Å². The lowest BCUT2D eigenvalue weighted by atomic mass is 9.99. The maximum atomic E-state index is 11.4. The van der Waals surface area contributed by atoms with Crippen LogP contribution in [0.15, 0.2) is 0 Å². The van der Waals surface area contributed by atoms with E-state index in [4.69, 9.17) is 4.74 Å². The molecule has 2 N–H and O–H groups in total. The van der Waals surface area contributed by atoms with Crippen molar-refractivity contribution in [1.82, 2.24) is 5.32 Å². The Morgan fingerprint density at radius 1 is 1.38 bits per heavy atom. The average molecular weight is 229 g/mol. The number of ether oxygens (including phenoxy) is 1. The quantitative estimate of drug-likeness (QED) is 0.775. The standard InChI is InChI=1S/C12H23NO3/c1-11(2,3)16-10(14)13-8-12(4,15)7-9-5-6-9/h9,15H,5-8H2,1-4H3,(H,13,14)/t12-/m1/s1. The third kappa shape index (κ3) is 5.95. The van der Waals surface area contributed by atoms with Crippen molar-refractivity contribution in [2.75, 3.05) is 6.54 Å². The molecule has 0 aliphatic heterocycles. The smallest absolute Gasteiger partial charge is 0.407 e. The van der Waals surface area contributed by atoms with E-state index in [-0.39, 0.29) is 6.54 Å². The molecule has 1 aliphatic rings. The third-order valence-electron chi connectivity index (χ3n) is 2.44. The van der Waals surface area contributed by atoms with Gasteiger partial charge in [-0.15, -0.1) is 0 Å². The molecule has 1 saturated carbocycles. The summed E-state index contributed by atoms with van der Waals surface area (Å²) in [5.41, 5.74) is -1.31. The fraction of sp³-hybridized carbons (Fsp3) is 0.917. The van der Waals surface area contributed by atoms with Gasteiger partial charge < -0.3 is 15.2 Å². The molecule has 0 aromatic heterocycles. The fourth-order valence-corrected chi connectivity index (χ4v) is 1.59. The predicted octanol–water partition coefficient (Wildman–Crippen LogP) is 2.06. The highest BCUT2D eigenvalue weighted by Gasteiger charge is 2.32. The molecule has 1 atom stereocenters. The van der Waals surface area contributed by atoms with Gasteiger partial charge in [0.1, 0.15) is 5.60 Å². The van der Waals surface area contributed by atoms with E-state index < -0.39 is 17.3 Å². The normalized spacial score (nSPS) is 20.1. The van der Waals surface area contributed by atoms with Crippen LogP contribution >= 0.6 is 0 Å². The van der Waals surface area contributed by atoms with Gasteiger partial charge in [-0.2, -0.15) is 0 Å². The van der Waals surface area contributed by atoms with Gasteiger partial charge in [0, 0.05) is 6.54 Å². The van der Waals surface area contributed by atoms with E-state index in [1.807, 2.05) is 20.8 Å². The van der Waals surface area contributed by atoms with Crippen molar-refractivity contribution in [3.05, 3.63) is 0 Å². The van der Waals surface area contributed by atoms with Crippen molar-refractivity contribution >= 4 is 6.09 Å². The summed E-state index contributed by atoms with van der Waals surface area (Å²) in [4.78, 5) is 11.4. The summed E-state index contributed by atoms with van der Waals surface area (Å²) in [6, 6.07) is 0. The zero-order valence-electron chi connectivity index (χ0n) is 10.7. The van der Waals surface area contributed by atoms with Crippen LogP contribution in [0.1, 0.15) is 47.0 Å². The van der Waals surface area contributed by atoms with Crippen molar-refractivity contribution < 1.29 is 14.6 Å². The summed E-state index contributed by atoms with van der Waals surface area (Å²) in [7, 11) is 0. The lowest BCUT2D eigenvalue weighted by Gasteiger charge is -2.25. The number of rotatable bonds is 4. The summed E-state index contributed by atoms with van der Waals surface area (Å²) < 4.78 is 5.09. The second-order valence-corrected chi connectivity index (χ2v) is 6.00. The first-order valence-electron chi connectivity index (χ1n) is 5.87. The summed E-state index contributed by atoms with van der Waals surface area (Å²) in [6.45, 7) is 7.44. The molecule has 94 valence electrons. The number of hydrogen-bond donors (Lipinski definition) is 2. The number of nitrogens with one attached hydrogen (secondary N) is 1. The Bertz CT molecular complexity index is 251. The Morgan fingerprint density at radius 3 is 2.38 bits per heavy atom. The number of alkyl carbamates (subject to hydrolysis) is 1. The van der Waals surface area contributed by atoms with Gasteiger partial charge in [0.2, 0.25) is 0 Å². The van der Waals surface area contributed by atoms with Gasteiger partial charge in [0.05, 0.1) is 5.60 Å². The van der Waals surface area contributed by atoms with Crippen LogP contribution in [0.5, 0.6) is 0 Å². The van der Waals surface area contributed by atoms with Gasteiger partial charge in [-0.3, -0.25) is 0 Å². The summed E-state index contributed by atoms with van der Waals surface area (Å²) >= 11 is 0. The molecule has 0 unspecified atom stereocenters. The topological polar surface area (TPSA) is 58.6 Å². The molecule has 16 heavy (non-hydrogen) atoms. The zero-order valence-corrected chi connectivity index (χ0v) is 10.7. The largest absolute Gasteiger partial charge is 0.444 e. The van der Waals surface area contributed by atoms with Crippen LogP contribution in [0.3, 0.4) is 0 Å². The Labute approximate surface area is 97.4 Å². The number of carbonyl (C=O) groups excluding carboxylic acids is 1. The Balaban J connectivity index is 2.24. The molecule has 1 aliphatic carbocycles. The van der Waals surface area contributed by atoms with E-state index in [1.54, 1.807) is 6.92 Å². The number of amides is 1. The van der Waals surface area contributed by atoms with Crippen molar-refractivity contribution in [1.29, 1.82) is 0 Å². The van der Waals surface area contributed by atoms with Gasteiger partial charge in [-0.1, -0.05) is 12.8 Å². The first-order valence-corrected chi connectivity index (χ1v) is 5.87. The minimum atomic E-state index is -0.821. The second kappa shape index (κ2) is 4.62. The van der Waals surface area contributed by atoms with Gasteiger partial charge in [0.25, 0.3) is 0 Å². The summed E-state index contributed by atoms with van der Waals surface area (Å²) in [5, 5.41) is 12.6. The number of hydrogen-bond acceptors (Lipinski definition) is 3. The molecule has 4 heteroatoms. The molecule has 0 aromatic carbocycles. The molecule has 4 nitrogen and oxygen atoms in total. The van der Waals surface area contributed by atoms with E-state index in [9.17, 15) is 9.90 Å². The van der Waals surface area contributed by atoms with E-state index in [1.165, 1.54) is 12.8 Å². The van der Waals surface area contributed by atoms with Crippen molar-refractivity contribution in [3.63, 3.8) is 0 Å². The van der Waals surface area contributed by atoms with Crippen LogP contribution in [-0.4, -0.2) is 28.9 Å². The summed E-state index contributed by atoms with van der Waals surface area (Å²) in [6.07, 6.45) is 2.68. The average Bonchev–Trinajstić information content (AvgIpc) is 2.81. The monoisotopic (exact) mass is 229 g/mol. The minimum absolute atomic E-state index is 0.248. The lowest BCUT2D eigenvalue weighted by molar-refractivity contribution is 0.0265. The van der Waals surface area contributed by atoms with Crippen LogP contribution in [0, 0.1) is 5.92 Å². The predicted molar refractivity (Wildman–Crippen MR) is 62.2 cm³/mol. The third-order valence-corrected chi connectivity index (χ3v) is 2.44. The number of carbonyl (C=O) groups is 1. The SMILES string of the molecule is CC(C)(C)OC(=O)NC[C@](C)(O)CC1CC1. The van der Waals surface area contributed by atoms with E-state index >= 15 is 0 Å². The molecule has 0 heterocycles. The molecule has 0 aromatic rings. The van der Waals surface area contributed by atoms with Crippen molar-refractivity contribution in [3.8, 4) is 0 Å². The van der Waals surface area contributed by atoms with E-state index in [2.05, 4.69) is 5.32 Å². The van der Waals surface area contributed by atoms with Crippen LogP contribution in [0.25, 0.3) is 0 Å². The molecule has 0 bridgehead atoms. The molecule has 1 fully saturated rings. The second-order valence-electron chi connectivity index (χ2n) is 6.00. The maximum Gasteiger partial charge on any atom is 0.407 e. The van der Waals surface area contributed by atoms with Gasteiger partial charge >= 0.3 is 6.09 Å². The van der Waals surface area contributed by atoms with Crippen LogP contribution in [0.2, 0.25) is 0 Å². The Hall–Kier alpha value is -0.770. The van der Waals surface area contributed by atoms with Crippen LogP contribution in [0.4, 0.5) is 4.79 Å². The molecule has 1 amide bonds. The number of aliphatic hydroxyl groups is 1. The van der Waals surface area contributed by atoms with E-state index in [0.717, 1.165) is 6.42 Å². The highest BCUT2D eigenvalue weighted by molar-refractivity contribution is 5.67. The minimum Gasteiger partial charge on any atom is -0.444 e. The molecule has 0 radical (unpaired) electrons. The van der Waals surface area contributed by atoms with Crippen LogP contribution < -0.4 is 5.32 Å². The summed E-state index contributed by atoms with van der Waals surface area (Å²) in [5.74, 6) is 0.635. The zero-order chi connectivity index (χ0) is 12.4. The van der Waals surface area contributed by atoms with Gasteiger partial charge in [-0.25, -0.2) is 4.79 Å². The Kier molecular flexibility index (Phi) is 3.84. The molecular weight excluding hydrogens is 206 g/mol. The Morgan fingerprint density at radius 2 is 1.94 bits per heavy atom.